The highest BCUT2D eigenvalue weighted by molar-refractivity contribution is 5.53. The smallest absolute Gasteiger partial charge is 0.142 e. The molecule has 0 saturated heterocycles. The van der Waals surface area contributed by atoms with E-state index in [1.165, 1.54) is 12.2 Å². The average Bonchev–Trinajstić information content (AvgIpc) is 2.68. The molecule has 0 bridgehead atoms. The first kappa shape index (κ1) is 21.7. The molecule has 0 aliphatic heterocycles. The summed E-state index contributed by atoms with van der Waals surface area (Å²) in [6, 6.07) is 15.7. The second-order valence-electron chi connectivity index (χ2n) is 6.98. The normalized spacial score (nSPS) is 18.2. The van der Waals surface area contributed by atoms with Gasteiger partial charge in [0.1, 0.15) is 35.4 Å². The third-order valence-corrected chi connectivity index (χ3v) is 4.54. The van der Waals surface area contributed by atoms with Crippen LogP contribution in [0, 0.1) is 6.92 Å². The van der Waals surface area contributed by atoms with Gasteiger partial charge in [-0.2, -0.15) is 0 Å². The van der Waals surface area contributed by atoms with Crippen molar-refractivity contribution in [3.63, 3.8) is 0 Å². The van der Waals surface area contributed by atoms with Crippen molar-refractivity contribution < 1.29 is 30.6 Å². The van der Waals surface area contributed by atoms with Gasteiger partial charge >= 0.3 is 0 Å². The van der Waals surface area contributed by atoms with Crippen molar-refractivity contribution in [2.45, 2.75) is 37.8 Å². The molecule has 0 saturated carbocycles. The van der Waals surface area contributed by atoms with Crippen LogP contribution in [0.2, 0.25) is 0 Å². The Morgan fingerprint density at radius 3 is 1.89 bits per heavy atom. The molecule has 2 aromatic carbocycles. The SMILES string of the molecule is Cc1ccc(C=C(O)[C@H](O)[C@@H](O)[C@](C)(O)[C@H](O)C(O)=Cc2ccccc2)cc1. The molecule has 2 rings (SSSR count). The van der Waals surface area contributed by atoms with Gasteiger partial charge in [0.15, 0.2) is 0 Å². The highest BCUT2D eigenvalue weighted by atomic mass is 16.4. The molecular weight excluding hydrogens is 360 g/mol. The molecule has 0 radical (unpaired) electrons. The summed E-state index contributed by atoms with van der Waals surface area (Å²) in [7, 11) is 0. The number of hydrogen-bond donors (Lipinski definition) is 6. The first-order valence-electron chi connectivity index (χ1n) is 8.82. The number of aryl methyl sites for hydroxylation is 1. The zero-order chi connectivity index (χ0) is 20.9. The van der Waals surface area contributed by atoms with Crippen molar-refractivity contribution in [2.24, 2.45) is 0 Å². The molecule has 0 fully saturated rings. The van der Waals surface area contributed by atoms with Gasteiger partial charge < -0.3 is 30.6 Å². The van der Waals surface area contributed by atoms with E-state index < -0.39 is 35.4 Å². The standard InChI is InChI=1S/C22H26O6/c1-14-8-10-16(11-9-14)12-17(23)19(25)21(27)22(2,28)20(26)18(24)13-15-6-4-3-5-7-15/h3-13,19-21,23-28H,1-2H3/t19-,20+,21+,22+/m0/s1. The lowest BCUT2D eigenvalue weighted by Crippen LogP contribution is -2.55. The summed E-state index contributed by atoms with van der Waals surface area (Å²) in [6.07, 6.45) is -3.27. The Morgan fingerprint density at radius 2 is 1.32 bits per heavy atom. The molecule has 0 aliphatic rings. The quantitative estimate of drug-likeness (QED) is 0.406. The summed E-state index contributed by atoms with van der Waals surface area (Å²) in [4.78, 5) is 0. The van der Waals surface area contributed by atoms with Crippen LogP contribution >= 0.6 is 0 Å². The number of rotatable bonds is 7. The van der Waals surface area contributed by atoms with E-state index in [-0.39, 0.29) is 0 Å². The van der Waals surface area contributed by atoms with Crippen LogP contribution in [0.1, 0.15) is 23.6 Å². The Labute approximate surface area is 164 Å². The number of aliphatic hydroxyl groups is 6. The van der Waals surface area contributed by atoms with Crippen LogP contribution < -0.4 is 0 Å². The van der Waals surface area contributed by atoms with E-state index in [0.29, 0.717) is 11.1 Å². The molecular formula is C22H26O6. The predicted molar refractivity (Wildman–Crippen MR) is 107 cm³/mol. The topological polar surface area (TPSA) is 121 Å². The Kier molecular flexibility index (Phi) is 6.99. The summed E-state index contributed by atoms with van der Waals surface area (Å²) in [6.45, 7) is 2.96. The van der Waals surface area contributed by atoms with Crippen LogP contribution in [0.3, 0.4) is 0 Å². The fourth-order valence-corrected chi connectivity index (χ4v) is 2.66. The molecule has 0 aliphatic carbocycles. The zero-order valence-electron chi connectivity index (χ0n) is 15.8. The van der Waals surface area contributed by atoms with E-state index in [0.717, 1.165) is 12.5 Å². The molecule has 28 heavy (non-hydrogen) atoms. The maximum absolute atomic E-state index is 10.5. The minimum Gasteiger partial charge on any atom is -0.509 e. The van der Waals surface area contributed by atoms with Crippen LogP contribution in [0.25, 0.3) is 12.2 Å². The van der Waals surface area contributed by atoms with Gasteiger partial charge in [0, 0.05) is 0 Å². The summed E-state index contributed by atoms with van der Waals surface area (Å²) in [5.41, 5.74) is -0.165. The maximum Gasteiger partial charge on any atom is 0.142 e. The first-order chi connectivity index (χ1) is 13.1. The van der Waals surface area contributed by atoms with Gasteiger partial charge in [0.05, 0.1) is 0 Å². The van der Waals surface area contributed by atoms with Gasteiger partial charge in [-0.15, -0.1) is 0 Å². The van der Waals surface area contributed by atoms with Crippen LogP contribution in [0.5, 0.6) is 0 Å². The monoisotopic (exact) mass is 386 g/mol. The molecule has 0 spiro atoms. The lowest BCUT2D eigenvalue weighted by atomic mass is 9.86. The van der Waals surface area contributed by atoms with Crippen molar-refractivity contribution in [1.82, 2.24) is 0 Å². The fourth-order valence-electron chi connectivity index (χ4n) is 2.66. The van der Waals surface area contributed by atoms with Crippen molar-refractivity contribution in [1.29, 1.82) is 0 Å². The van der Waals surface area contributed by atoms with Crippen LogP contribution in [0.15, 0.2) is 66.1 Å². The van der Waals surface area contributed by atoms with Crippen LogP contribution in [0.4, 0.5) is 0 Å². The first-order valence-corrected chi connectivity index (χ1v) is 8.82. The lowest BCUT2D eigenvalue weighted by Gasteiger charge is -2.35. The van der Waals surface area contributed by atoms with Crippen molar-refractivity contribution in [2.75, 3.05) is 0 Å². The Morgan fingerprint density at radius 1 is 0.821 bits per heavy atom. The van der Waals surface area contributed by atoms with Gasteiger partial charge in [-0.3, -0.25) is 0 Å². The van der Waals surface area contributed by atoms with E-state index in [2.05, 4.69) is 0 Å². The second kappa shape index (κ2) is 9.03. The third-order valence-electron chi connectivity index (χ3n) is 4.54. The van der Waals surface area contributed by atoms with Gasteiger partial charge in [-0.1, -0.05) is 60.2 Å². The summed E-state index contributed by atoms with van der Waals surface area (Å²) in [5.74, 6) is -1.18. The Balaban J connectivity index is 2.18. The second-order valence-corrected chi connectivity index (χ2v) is 6.98. The molecule has 6 N–H and O–H groups in total. The lowest BCUT2D eigenvalue weighted by molar-refractivity contribution is -0.161. The fraction of sp³-hybridized carbons (Fsp3) is 0.273. The number of benzene rings is 2. The zero-order valence-corrected chi connectivity index (χ0v) is 15.8. The predicted octanol–water partition coefficient (Wildman–Crippen LogP) is 2.33. The maximum atomic E-state index is 10.5. The van der Waals surface area contributed by atoms with Gasteiger partial charge in [0.25, 0.3) is 0 Å². The molecule has 4 atom stereocenters. The van der Waals surface area contributed by atoms with Gasteiger partial charge in [-0.05, 0) is 37.1 Å². The molecule has 6 heteroatoms. The highest BCUT2D eigenvalue weighted by Crippen LogP contribution is 2.26. The van der Waals surface area contributed by atoms with E-state index >= 15 is 0 Å². The highest BCUT2D eigenvalue weighted by Gasteiger charge is 2.44. The molecule has 2 aromatic rings. The Hall–Kier alpha value is -2.64. The van der Waals surface area contributed by atoms with Gasteiger partial charge in [0.2, 0.25) is 0 Å². The third kappa shape index (κ3) is 5.21. The summed E-state index contributed by atoms with van der Waals surface area (Å²) in [5, 5.41) is 61.6. The number of hydrogen-bond acceptors (Lipinski definition) is 6. The minimum atomic E-state index is -2.34. The molecule has 0 amide bonds. The van der Waals surface area contributed by atoms with E-state index in [4.69, 9.17) is 0 Å². The van der Waals surface area contributed by atoms with Crippen LogP contribution in [-0.2, 0) is 0 Å². The van der Waals surface area contributed by atoms with Crippen molar-refractivity contribution in [3.8, 4) is 0 Å². The summed E-state index contributed by atoms with van der Waals surface area (Å²) >= 11 is 0. The Bertz CT molecular complexity index is 824. The van der Waals surface area contributed by atoms with E-state index in [1.807, 2.05) is 19.1 Å². The summed E-state index contributed by atoms with van der Waals surface area (Å²) < 4.78 is 0. The molecule has 150 valence electrons. The molecule has 6 nitrogen and oxygen atoms in total. The van der Waals surface area contributed by atoms with Crippen molar-refractivity contribution >= 4 is 12.2 Å². The van der Waals surface area contributed by atoms with Crippen molar-refractivity contribution in [3.05, 3.63) is 82.8 Å². The van der Waals surface area contributed by atoms with E-state index in [9.17, 15) is 30.6 Å². The van der Waals surface area contributed by atoms with Gasteiger partial charge in [-0.25, -0.2) is 0 Å². The number of aliphatic hydroxyl groups excluding tert-OH is 5. The largest absolute Gasteiger partial charge is 0.509 e. The average molecular weight is 386 g/mol. The molecule has 0 aromatic heterocycles. The van der Waals surface area contributed by atoms with Crippen LogP contribution in [-0.4, -0.2) is 54.6 Å². The molecule has 0 unspecified atom stereocenters. The minimum absolute atomic E-state index is 0.576. The van der Waals surface area contributed by atoms with E-state index in [1.54, 1.807) is 42.5 Å². The molecule has 0 heterocycles.